The Morgan fingerprint density at radius 1 is 1.14 bits per heavy atom. The molecule has 5 heteroatoms. The van der Waals surface area contributed by atoms with Gasteiger partial charge in [0.25, 0.3) is 0 Å². The van der Waals surface area contributed by atoms with Crippen molar-refractivity contribution in [1.82, 2.24) is 10.6 Å². The Balaban J connectivity index is 3.67. The summed E-state index contributed by atoms with van der Waals surface area (Å²) in [5.74, 6) is 0.777. The van der Waals surface area contributed by atoms with E-state index in [-0.39, 0.29) is 17.9 Å². The number of carbonyl (C=O) groups is 2. The first-order valence-electron chi connectivity index (χ1n) is 7.99. The van der Waals surface area contributed by atoms with Gasteiger partial charge in [-0.15, -0.1) is 0 Å². The third-order valence-corrected chi connectivity index (χ3v) is 3.34. The molecule has 0 bridgehead atoms. The van der Waals surface area contributed by atoms with E-state index in [2.05, 4.69) is 10.6 Å². The van der Waals surface area contributed by atoms with Gasteiger partial charge in [0.15, 0.2) is 0 Å². The number of nitrogens with one attached hydrogen (secondary N) is 2. The molecule has 126 valence electrons. The molecule has 2 amide bonds. The van der Waals surface area contributed by atoms with Crippen LogP contribution in [0.3, 0.4) is 0 Å². The lowest BCUT2D eigenvalue weighted by Crippen LogP contribution is -2.31. The molecular formula is C17H30N2O3. The summed E-state index contributed by atoms with van der Waals surface area (Å²) >= 11 is 0. The van der Waals surface area contributed by atoms with Gasteiger partial charge in [0.05, 0.1) is 7.11 Å². The van der Waals surface area contributed by atoms with Crippen molar-refractivity contribution in [2.24, 2.45) is 0 Å². The predicted octanol–water partition coefficient (Wildman–Crippen LogP) is 3.03. The number of amides is 2. The standard InChI is InChI=1S/C17H30N2O3/c1-5-14(3)19-17(21)11-9-7-8-10-16(20)18-13-12-15(6-2)22-4/h6,12-14H,5,7-11H2,1-4H3,(H,18,20)(H,19,21)/b13-12+,15-6+. The molecule has 5 nitrogen and oxygen atoms in total. The van der Waals surface area contributed by atoms with Crippen LogP contribution >= 0.6 is 0 Å². The maximum Gasteiger partial charge on any atom is 0.223 e. The van der Waals surface area contributed by atoms with Crippen molar-refractivity contribution in [3.05, 3.63) is 24.1 Å². The SMILES string of the molecule is C/C=C(\C=C\NC(=O)CCCCCC(=O)NC(C)CC)OC. The van der Waals surface area contributed by atoms with Gasteiger partial charge in [-0.1, -0.05) is 13.3 Å². The highest BCUT2D eigenvalue weighted by atomic mass is 16.5. The Morgan fingerprint density at radius 3 is 2.32 bits per heavy atom. The number of hydrogen-bond acceptors (Lipinski definition) is 3. The summed E-state index contributed by atoms with van der Waals surface area (Å²) in [5, 5.41) is 5.63. The molecule has 0 spiro atoms. The van der Waals surface area contributed by atoms with Crippen molar-refractivity contribution in [1.29, 1.82) is 0 Å². The zero-order valence-electron chi connectivity index (χ0n) is 14.3. The average Bonchev–Trinajstić information content (AvgIpc) is 2.51. The second-order valence-electron chi connectivity index (χ2n) is 5.23. The van der Waals surface area contributed by atoms with E-state index in [1.807, 2.05) is 26.8 Å². The van der Waals surface area contributed by atoms with Crippen LogP contribution in [0.25, 0.3) is 0 Å². The number of carbonyl (C=O) groups excluding carboxylic acids is 2. The zero-order valence-corrected chi connectivity index (χ0v) is 14.3. The summed E-state index contributed by atoms with van der Waals surface area (Å²) in [6, 6.07) is 0.235. The van der Waals surface area contributed by atoms with Crippen LogP contribution in [-0.4, -0.2) is 25.0 Å². The van der Waals surface area contributed by atoms with Gasteiger partial charge in [0.2, 0.25) is 11.8 Å². The second kappa shape index (κ2) is 12.9. The highest BCUT2D eigenvalue weighted by Crippen LogP contribution is 2.04. The number of rotatable bonds is 11. The van der Waals surface area contributed by atoms with Crippen molar-refractivity contribution in [2.45, 2.75) is 65.3 Å². The molecule has 22 heavy (non-hydrogen) atoms. The molecule has 0 aliphatic heterocycles. The Bertz CT molecular complexity index is 389. The van der Waals surface area contributed by atoms with Gasteiger partial charge in [-0.3, -0.25) is 9.59 Å². The van der Waals surface area contributed by atoms with Crippen LogP contribution in [0.5, 0.6) is 0 Å². The number of allylic oxidation sites excluding steroid dienone is 2. The van der Waals surface area contributed by atoms with Gasteiger partial charge in [-0.2, -0.15) is 0 Å². The quantitative estimate of drug-likeness (QED) is 0.350. The van der Waals surface area contributed by atoms with Crippen molar-refractivity contribution >= 4 is 11.8 Å². The van der Waals surface area contributed by atoms with E-state index in [1.54, 1.807) is 19.4 Å². The highest BCUT2D eigenvalue weighted by Gasteiger charge is 2.05. The fourth-order valence-corrected chi connectivity index (χ4v) is 1.77. The molecule has 0 aliphatic rings. The lowest BCUT2D eigenvalue weighted by atomic mass is 10.1. The topological polar surface area (TPSA) is 67.4 Å². The molecule has 0 aromatic heterocycles. The van der Waals surface area contributed by atoms with E-state index in [9.17, 15) is 9.59 Å². The Morgan fingerprint density at radius 2 is 1.77 bits per heavy atom. The van der Waals surface area contributed by atoms with Crippen molar-refractivity contribution in [3.63, 3.8) is 0 Å². The predicted molar refractivity (Wildman–Crippen MR) is 89.0 cm³/mol. The smallest absolute Gasteiger partial charge is 0.223 e. The summed E-state index contributed by atoms with van der Waals surface area (Å²) < 4.78 is 5.04. The number of ether oxygens (including phenoxy) is 1. The molecule has 0 saturated carbocycles. The Labute approximate surface area is 134 Å². The molecular weight excluding hydrogens is 280 g/mol. The maximum atomic E-state index is 11.6. The van der Waals surface area contributed by atoms with Crippen LogP contribution in [0, 0.1) is 0 Å². The molecule has 0 aromatic carbocycles. The minimum atomic E-state index is -0.0214. The van der Waals surface area contributed by atoms with Crippen LogP contribution in [0.2, 0.25) is 0 Å². The van der Waals surface area contributed by atoms with E-state index in [0.717, 1.165) is 25.7 Å². The van der Waals surface area contributed by atoms with Gasteiger partial charge in [-0.05, 0) is 45.3 Å². The molecule has 0 radical (unpaired) electrons. The lowest BCUT2D eigenvalue weighted by Gasteiger charge is -2.10. The fourth-order valence-electron chi connectivity index (χ4n) is 1.77. The van der Waals surface area contributed by atoms with Crippen LogP contribution in [0.4, 0.5) is 0 Å². The molecule has 2 N–H and O–H groups in total. The summed E-state index contributed by atoms with van der Waals surface area (Å²) in [5.41, 5.74) is 0. The molecule has 0 aliphatic carbocycles. The summed E-state index contributed by atoms with van der Waals surface area (Å²) in [7, 11) is 1.58. The fraction of sp³-hybridized carbons (Fsp3) is 0.647. The van der Waals surface area contributed by atoms with E-state index in [4.69, 9.17) is 4.74 Å². The number of hydrogen-bond donors (Lipinski definition) is 2. The van der Waals surface area contributed by atoms with Gasteiger partial charge < -0.3 is 15.4 Å². The highest BCUT2D eigenvalue weighted by molar-refractivity contribution is 5.77. The summed E-state index contributed by atoms with van der Waals surface area (Å²) in [4.78, 5) is 23.1. The molecule has 1 atom stereocenters. The Hall–Kier alpha value is -1.78. The number of unbranched alkanes of at least 4 members (excludes halogenated alkanes) is 2. The minimum absolute atomic E-state index is 0.0214. The first-order chi connectivity index (χ1) is 10.5. The van der Waals surface area contributed by atoms with Crippen molar-refractivity contribution < 1.29 is 14.3 Å². The normalized spacial score (nSPS) is 13.0. The van der Waals surface area contributed by atoms with E-state index >= 15 is 0 Å². The molecule has 0 saturated heterocycles. The maximum absolute atomic E-state index is 11.6. The first-order valence-corrected chi connectivity index (χ1v) is 7.99. The first kappa shape index (κ1) is 20.2. The van der Waals surface area contributed by atoms with Gasteiger partial charge in [-0.25, -0.2) is 0 Å². The van der Waals surface area contributed by atoms with E-state index < -0.39 is 0 Å². The summed E-state index contributed by atoms with van der Waals surface area (Å²) in [6.07, 6.45) is 9.53. The van der Waals surface area contributed by atoms with Crippen molar-refractivity contribution in [3.8, 4) is 0 Å². The van der Waals surface area contributed by atoms with E-state index in [0.29, 0.717) is 18.6 Å². The lowest BCUT2D eigenvalue weighted by molar-refractivity contribution is -0.121. The second-order valence-corrected chi connectivity index (χ2v) is 5.23. The largest absolute Gasteiger partial charge is 0.497 e. The average molecular weight is 310 g/mol. The third kappa shape index (κ3) is 10.9. The van der Waals surface area contributed by atoms with Crippen LogP contribution in [0.1, 0.15) is 59.3 Å². The van der Waals surface area contributed by atoms with Gasteiger partial charge in [0.1, 0.15) is 5.76 Å². The third-order valence-electron chi connectivity index (χ3n) is 3.34. The number of methoxy groups -OCH3 is 1. The zero-order chi connectivity index (χ0) is 16.8. The molecule has 0 aromatic rings. The summed E-state index contributed by atoms with van der Waals surface area (Å²) in [6.45, 7) is 5.91. The van der Waals surface area contributed by atoms with E-state index in [1.165, 1.54) is 0 Å². The van der Waals surface area contributed by atoms with Crippen LogP contribution in [-0.2, 0) is 14.3 Å². The Kier molecular flexibility index (Phi) is 11.9. The molecule has 0 fully saturated rings. The minimum Gasteiger partial charge on any atom is -0.497 e. The van der Waals surface area contributed by atoms with Gasteiger partial charge >= 0.3 is 0 Å². The molecule has 1 unspecified atom stereocenters. The van der Waals surface area contributed by atoms with Crippen LogP contribution < -0.4 is 10.6 Å². The van der Waals surface area contributed by atoms with Crippen molar-refractivity contribution in [2.75, 3.05) is 7.11 Å². The van der Waals surface area contributed by atoms with Gasteiger partial charge in [0, 0.05) is 25.1 Å². The monoisotopic (exact) mass is 310 g/mol. The molecule has 0 heterocycles. The molecule has 0 rings (SSSR count). The van der Waals surface area contributed by atoms with Crippen LogP contribution in [0.15, 0.2) is 24.1 Å².